The fourth-order valence-corrected chi connectivity index (χ4v) is 1.02. The van der Waals surface area contributed by atoms with Gasteiger partial charge in [-0.25, -0.2) is 9.98 Å². The number of aliphatic imine (C=N–C) groups is 1. The molecule has 0 aromatic carbocycles. The molecule has 12 heavy (non-hydrogen) atoms. The first-order valence-corrected chi connectivity index (χ1v) is 3.40. The first-order valence-electron chi connectivity index (χ1n) is 3.40. The number of hydrogen-bond donors (Lipinski definition) is 0. The molecule has 0 unspecified atom stereocenters. The van der Waals surface area contributed by atoms with Crippen LogP contribution >= 0.6 is 0 Å². The molecule has 1 aromatic heterocycles. The second-order valence-electron chi connectivity index (χ2n) is 2.38. The zero-order chi connectivity index (χ0) is 8.55. The second-order valence-corrected chi connectivity index (χ2v) is 2.38. The summed E-state index contributed by atoms with van der Waals surface area (Å²) < 4.78 is 1.29. The molecule has 1 aliphatic rings. The normalized spacial score (nSPS) is 14.5. The molecule has 0 radical (unpaired) electrons. The van der Waals surface area contributed by atoms with Crippen LogP contribution in [-0.2, 0) is 11.3 Å². The van der Waals surface area contributed by atoms with Gasteiger partial charge < -0.3 is 0 Å². The summed E-state index contributed by atoms with van der Waals surface area (Å²) in [7, 11) is 0. The molecule has 0 bridgehead atoms. The molecule has 0 N–H and O–H groups in total. The van der Waals surface area contributed by atoms with Crippen LogP contribution in [0.15, 0.2) is 22.1 Å². The van der Waals surface area contributed by atoms with Crippen molar-refractivity contribution >= 4 is 12.1 Å². The van der Waals surface area contributed by atoms with Crippen molar-refractivity contribution in [3.8, 4) is 0 Å². The van der Waals surface area contributed by atoms with Gasteiger partial charge in [0.05, 0.1) is 6.21 Å². The van der Waals surface area contributed by atoms with E-state index in [1.807, 2.05) is 0 Å². The van der Waals surface area contributed by atoms with Crippen molar-refractivity contribution in [1.29, 1.82) is 0 Å². The molecule has 0 saturated carbocycles. The summed E-state index contributed by atoms with van der Waals surface area (Å²) in [6, 6.07) is 1.32. The Morgan fingerprint density at radius 3 is 3.08 bits per heavy atom. The third-order valence-electron chi connectivity index (χ3n) is 1.58. The van der Waals surface area contributed by atoms with E-state index in [1.54, 1.807) is 0 Å². The molecule has 0 spiro atoms. The molecule has 0 fully saturated rings. The Morgan fingerprint density at radius 1 is 1.42 bits per heavy atom. The minimum absolute atomic E-state index is 0.00148. The van der Waals surface area contributed by atoms with Crippen molar-refractivity contribution < 1.29 is 4.79 Å². The topological polar surface area (TPSA) is 64.3 Å². The van der Waals surface area contributed by atoms with Crippen molar-refractivity contribution in [3.63, 3.8) is 0 Å². The molecule has 1 amide bonds. The molecular formula is C7H5N3O2. The van der Waals surface area contributed by atoms with E-state index in [-0.39, 0.29) is 18.0 Å². The molecule has 0 saturated heterocycles. The van der Waals surface area contributed by atoms with E-state index in [0.29, 0.717) is 5.82 Å². The third kappa shape index (κ3) is 0.952. The number of fused-ring (bicyclic) bond motifs is 1. The average molecular weight is 163 g/mol. The van der Waals surface area contributed by atoms with E-state index in [4.69, 9.17) is 0 Å². The maximum atomic E-state index is 11.1. The van der Waals surface area contributed by atoms with E-state index >= 15 is 0 Å². The highest BCUT2D eigenvalue weighted by molar-refractivity contribution is 5.92. The largest absolute Gasteiger partial charge is 0.282 e. The highest BCUT2D eigenvalue weighted by Crippen LogP contribution is 1.95. The van der Waals surface area contributed by atoms with Crippen molar-refractivity contribution in [1.82, 2.24) is 9.55 Å². The second kappa shape index (κ2) is 2.37. The summed E-state index contributed by atoms with van der Waals surface area (Å²) in [5.74, 6) is 0.111. The molecule has 0 atom stereocenters. The monoisotopic (exact) mass is 163 g/mol. The SMILES string of the molecule is O=C1Cn2c(nccc2=O)C=N1. The Labute approximate surface area is 67.4 Å². The van der Waals surface area contributed by atoms with Gasteiger partial charge in [0.25, 0.3) is 11.5 Å². The Balaban J connectivity index is 2.68. The lowest BCUT2D eigenvalue weighted by Crippen LogP contribution is -2.29. The van der Waals surface area contributed by atoms with Gasteiger partial charge in [-0.15, -0.1) is 0 Å². The first-order chi connectivity index (χ1) is 5.77. The van der Waals surface area contributed by atoms with Crippen LogP contribution in [0.25, 0.3) is 0 Å². The zero-order valence-electron chi connectivity index (χ0n) is 6.10. The van der Waals surface area contributed by atoms with Gasteiger partial charge in [-0.2, -0.15) is 0 Å². The highest BCUT2D eigenvalue weighted by atomic mass is 16.2. The highest BCUT2D eigenvalue weighted by Gasteiger charge is 2.11. The Kier molecular flexibility index (Phi) is 1.36. The Morgan fingerprint density at radius 2 is 2.25 bits per heavy atom. The minimum Gasteiger partial charge on any atom is -0.282 e. The van der Waals surface area contributed by atoms with Crippen molar-refractivity contribution in [2.75, 3.05) is 0 Å². The van der Waals surface area contributed by atoms with E-state index in [2.05, 4.69) is 9.98 Å². The average Bonchev–Trinajstić information content (AvgIpc) is 2.07. The summed E-state index contributed by atoms with van der Waals surface area (Å²) in [6.45, 7) is -0.00148. The van der Waals surface area contributed by atoms with Crippen LogP contribution in [-0.4, -0.2) is 21.7 Å². The number of hydrogen-bond acceptors (Lipinski definition) is 3. The number of nitrogens with zero attached hydrogens (tertiary/aromatic N) is 3. The van der Waals surface area contributed by atoms with Crippen LogP contribution < -0.4 is 5.56 Å². The third-order valence-corrected chi connectivity index (χ3v) is 1.58. The van der Waals surface area contributed by atoms with Crippen LogP contribution in [0.1, 0.15) is 5.82 Å². The van der Waals surface area contributed by atoms with Crippen LogP contribution in [0.3, 0.4) is 0 Å². The molecule has 1 aromatic rings. The van der Waals surface area contributed by atoms with Gasteiger partial charge in [-0.05, 0) is 0 Å². The molecule has 2 heterocycles. The molecule has 2 rings (SSSR count). The lowest BCUT2D eigenvalue weighted by atomic mass is 10.4. The molecule has 1 aliphatic heterocycles. The lowest BCUT2D eigenvalue weighted by molar-refractivity contribution is -0.118. The summed E-state index contributed by atoms with van der Waals surface area (Å²) in [5.41, 5.74) is -0.223. The standard InChI is InChI=1S/C7H5N3O2/c11-6-4-10-5(3-9-6)8-2-1-7(10)12/h1-3H,4H2. The Bertz CT molecular complexity index is 419. The maximum Gasteiger partial charge on any atom is 0.265 e. The molecule has 60 valence electrons. The van der Waals surface area contributed by atoms with Crippen molar-refractivity contribution in [2.45, 2.75) is 6.54 Å². The summed E-state index contributed by atoms with van der Waals surface area (Å²) in [5, 5.41) is 0. The summed E-state index contributed by atoms with van der Waals surface area (Å²) in [6.07, 6.45) is 2.70. The predicted octanol–water partition coefficient (Wildman–Crippen LogP) is -0.798. The summed E-state index contributed by atoms with van der Waals surface area (Å²) >= 11 is 0. The van der Waals surface area contributed by atoms with Crippen molar-refractivity contribution in [2.24, 2.45) is 4.99 Å². The number of rotatable bonds is 0. The lowest BCUT2D eigenvalue weighted by Gasteiger charge is -2.08. The predicted molar refractivity (Wildman–Crippen MR) is 41.1 cm³/mol. The summed E-state index contributed by atoms with van der Waals surface area (Å²) in [4.78, 5) is 29.3. The van der Waals surface area contributed by atoms with Crippen LogP contribution in [0.2, 0.25) is 0 Å². The fourth-order valence-electron chi connectivity index (χ4n) is 1.02. The van der Waals surface area contributed by atoms with E-state index < -0.39 is 0 Å². The smallest absolute Gasteiger partial charge is 0.265 e. The quantitative estimate of drug-likeness (QED) is 0.503. The van der Waals surface area contributed by atoms with Crippen molar-refractivity contribution in [3.05, 3.63) is 28.4 Å². The molecule has 0 aliphatic carbocycles. The molecule has 5 heteroatoms. The zero-order valence-corrected chi connectivity index (χ0v) is 6.10. The molecule has 5 nitrogen and oxygen atoms in total. The van der Waals surface area contributed by atoms with Gasteiger partial charge in [-0.1, -0.05) is 0 Å². The van der Waals surface area contributed by atoms with Gasteiger partial charge in [0, 0.05) is 12.3 Å². The van der Waals surface area contributed by atoms with Gasteiger partial charge in [0.1, 0.15) is 6.54 Å². The van der Waals surface area contributed by atoms with Gasteiger partial charge >= 0.3 is 0 Å². The van der Waals surface area contributed by atoms with Crippen LogP contribution in [0, 0.1) is 0 Å². The van der Waals surface area contributed by atoms with Gasteiger partial charge in [0.15, 0.2) is 5.82 Å². The number of aromatic nitrogens is 2. The van der Waals surface area contributed by atoms with Gasteiger partial charge in [-0.3, -0.25) is 14.2 Å². The number of carbonyl (C=O) groups is 1. The van der Waals surface area contributed by atoms with E-state index in [0.717, 1.165) is 0 Å². The maximum absolute atomic E-state index is 11.1. The first kappa shape index (κ1) is 6.90. The number of amides is 1. The van der Waals surface area contributed by atoms with Gasteiger partial charge in [0.2, 0.25) is 0 Å². The van der Waals surface area contributed by atoms with E-state index in [9.17, 15) is 9.59 Å². The van der Waals surface area contributed by atoms with Crippen LogP contribution in [0.5, 0.6) is 0 Å². The minimum atomic E-state index is -0.322. The van der Waals surface area contributed by atoms with E-state index in [1.165, 1.54) is 23.0 Å². The fraction of sp³-hybridized carbons (Fsp3) is 0.143. The Hall–Kier alpha value is -1.78. The van der Waals surface area contributed by atoms with Crippen LogP contribution in [0.4, 0.5) is 0 Å². The molecular weight excluding hydrogens is 158 g/mol. The number of carbonyl (C=O) groups excluding carboxylic acids is 1.